The van der Waals surface area contributed by atoms with Crippen molar-refractivity contribution in [2.45, 2.75) is 12.3 Å². The lowest BCUT2D eigenvalue weighted by atomic mass is 9.96. The maximum Gasteiger partial charge on any atom is 0.315 e. The molecule has 1 aromatic carbocycles. The summed E-state index contributed by atoms with van der Waals surface area (Å²) in [7, 11) is 1.41. The maximum absolute atomic E-state index is 11.9. The van der Waals surface area contributed by atoms with Gasteiger partial charge in [-0.1, -0.05) is 36.4 Å². The quantitative estimate of drug-likeness (QED) is 0.772. The molecule has 0 saturated heterocycles. The number of rotatable bonds is 4. The van der Waals surface area contributed by atoms with Crippen LogP contribution in [-0.4, -0.2) is 18.1 Å². The number of hydrogen-bond acceptors (Lipinski definition) is 3. The van der Waals surface area contributed by atoms with E-state index in [9.17, 15) is 4.79 Å². The third-order valence-corrected chi connectivity index (χ3v) is 2.81. The minimum Gasteiger partial charge on any atom is -0.468 e. The zero-order chi connectivity index (χ0) is 12.8. The van der Waals surface area contributed by atoms with E-state index in [4.69, 9.17) is 4.74 Å². The Morgan fingerprint density at radius 3 is 2.50 bits per heavy atom. The van der Waals surface area contributed by atoms with Gasteiger partial charge in [-0.3, -0.25) is 9.78 Å². The van der Waals surface area contributed by atoms with Crippen LogP contribution in [0.15, 0.2) is 54.7 Å². The zero-order valence-corrected chi connectivity index (χ0v) is 10.2. The van der Waals surface area contributed by atoms with Gasteiger partial charge in [-0.2, -0.15) is 0 Å². The highest BCUT2D eigenvalue weighted by molar-refractivity contribution is 5.77. The smallest absolute Gasteiger partial charge is 0.315 e. The first-order valence-electron chi connectivity index (χ1n) is 5.84. The maximum atomic E-state index is 11.9. The van der Waals surface area contributed by atoms with Crippen LogP contribution in [-0.2, 0) is 16.0 Å². The average Bonchev–Trinajstić information content (AvgIpc) is 2.46. The van der Waals surface area contributed by atoms with Gasteiger partial charge in [-0.15, -0.1) is 0 Å². The Labute approximate surface area is 106 Å². The van der Waals surface area contributed by atoms with E-state index in [2.05, 4.69) is 4.98 Å². The number of methoxy groups -OCH3 is 1. The molecule has 1 heterocycles. The molecule has 92 valence electrons. The van der Waals surface area contributed by atoms with Gasteiger partial charge in [0.05, 0.1) is 12.8 Å². The molecule has 0 radical (unpaired) electrons. The predicted octanol–water partition coefficient (Wildman–Crippen LogP) is 2.58. The molecule has 0 unspecified atom stereocenters. The standard InChI is InChI=1S/C15H15NO2/c1-18-15(17)13(14-9-5-6-10-16-14)11-12-7-3-2-4-8-12/h2-10,13H,11H2,1H3/t13-/m0/s1. The molecule has 1 atom stereocenters. The lowest BCUT2D eigenvalue weighted by Crippen LogP contribution is -2.17. The van der Waals surface area contributed by atoms with E-state index in [0.717, 1.165) is 11.3 Å². The van der Waals surface area contributed by atoms with E-state index in [0.29, 0.717) is 6.42 Å². The SMILES string of the molecule is COC(=O)[C@@H](Cc1ccccc1)c1ccccn1. The second-order valence-corrected chi connectivity index (χ2v) is 4.02. The van der Waals surface area contributed by atoms with Gasteiger partial charge >= 0.3 is 5.97 Å². The fourth-order valence-electron chi connectivity index (χ4n) is 1.88. The highest BCUT2D eigenvalue weighted by Gasteiger charge is 2.22. The van der Waals surface area contributed by atoms with Crippen molar-refractivity contribution in [2.24, 2.45) is 0 Å². The van der Waals surface area contributed by atoms with Crippen molar-refractivity contribution in [1.82, 2.24) is 4.98 Å². The van der Waals surface area contributed by atoms with E-state index >= 15 is 0 Å². The molecule has 0 aliphatic rings. The Morgan fingerprint density at radius 1 is 1.17 bits per heavy atom. The zero-order valence-electron chi connectivity index (χ0n) is 10.2. The summed E-state index contributed by atoms with van der Waals surface area (Å²) in [4.78, 5) is 16.1. The van der Waals surface area contributed by atoms with E-state index in [1.807, 2.05) is 48.5 Å². The first-order valence-corrected chi connectivity index (χ1v) is 5.84. The van der Waals surface area contributed by atoms with Gasteiger partial charge in [0, 0.05) is 6.20 Å². The monoisotopic (exact) mass is 241 g/mol. The highest BCUT2D eigenvalue weighted by atomic mass is 16.5. The fourth-order valence-corrected chi connectivity index (χ4v) is 1.88. The van der Waals surface area contributed by atoms with Crippen LogP contribution in [0.5, 0.6) is 0 Å². The number of carbonyl (C=O) groups is 1. The van der Waals surface area contributed by atoms with E-state index in [1.165, 1.54) is 7.11 Å². The van der Waals surface area contributed by atoms with Crippen LogP contribution in [0.4, 0.5) is 0 Å². The lowest BCUT2D eigenvalue weighted by molar-refractivity contribution is -0.142. The summed E-state index contributed by atoms with van der Waals surface area (Å²) >= 11 is 0. The van der Waals surface area contributed by atoms with Gasteiger partial charge in [-0.05, 0) is 24.1 Å². The van der Waals surface area contributed by atoms with Gasteiger partial charge < -0.3 is 4.74 Å². The summed E-state index contributed by atoms with van der Waals surface area (Å²) in [5.41, 5.74) is 1.84. The summed E-state index contributed by atoms with van der Waals surface area (Å²) < 4.78 is 4.86. The lowest BCUT2D eigenvalue weighted by Gasteiger charge is -2.14. The number of aromatic nitrogens is 1. The third kappa shape index (κ3) is 2.94. The number of benzene rings is 1. The van der Waals surface area contributed by atoms with Crippen LogP contribution < -0.4 is 0 Å². The average molecular weight is 241 g/mol. The van der Waals surface area contributed by atoms with Crippen molar-refractivity contribution in [3.8, 4) is 0 Å². The number of nitrogens with zero attached hydrogens (tertiary/aromatic N) is 1. The van der Waals surface area contributed by atoms with Gasteiger partial charge in [0.2, 0.25) is 0 Å². The number of hydrogen-bond donors (Lipinski definition) is 0. The van der Waals surface area contributed by atoms with Crippen molar-refractivity contribution in [1.29, 1.82) is 0 Å². The molecule has 0 N–H and O–H groups in total. The van der Waals surface area contributed by atoms with Crippen molar-refractivity contribution < 1.29 is 9.53 Å². The van der Waals surface area contributed by atoms with Crippen LogP contribution in [0.1, 0.15) is 17.2 Å². The summed E-state index contributed by atoms with van der Waals surface area (Å²) in [6.45, 7) is 0. The molecule has 0 aliphatic carbocycles. The molecule has 18 heavy (non-hydrogen) atoms. The molecule has 2 aromatic rings. The Hall–Kier alpha value is -2.16. The molecule has 3 nitrogen and oxygen atoms in total. The van der Waals surface area contributed by atoms with Crippen molar-refractivity contribution in [2.75, 3.05) is 7.11 Å². The van der Waals surface area contributed by atoms with Gasteiger partial charge in [0.25, 0.3) is 0 Å². The van der Waals surface area contributed by atoms with Crippen LogP contribution in [0.2, 0.25) is 0 Å². The fraction of sp³-hybridized carbons (Fsp3) is 0.200. The van der Waals surface area contributed by atoms with Gasteiger partial charge in [0.1, 0.15) is 5.92 Å². The third-order valence-electron chi connectivity index (χ3n) is 2.81. The molecule has 0 bridgehead atoms. The molecule has 3 heteroatoms. The van der Waals surface area contributed by atoms with Crippen LogP contribution in [0, 0.1) is 0 Å². The largest absolute Gasteiger partial charge is 0.468 e. The number of carbonyl (C=O) groups excluding carboxylic acids is 1. The Kier molecular flexibility index (Phi) is 4.07. The Morgan fingerprint density at radius 2 is 1.89 bits per heavy atom. The summed E-state index contributed by atoms with van der Waals surface area (Å²) in [6.07, 6.45) is 2.29. The van der Waals surface area contributed by atoms with Crippen molar-refractivity contribution in [3.63, 3.8) is 0 Å². The molecule has 0 amide bonds. The minimum atomic E-state index is -0.349. The molecule has 0 saturated carbocycles. The van der Waals surface area contributed by atoms with Gasteiger partial charge in [0.15, 0.2) is 0 Å². The topological polar surface area (TPSA) is 39.2 Å². The van der Waals surface area contributed by atoms with E-state index < -0.39 is 0 Å². The van der Waals surface area contributed by atoms with E-state index in [1.54, 1.807) is 6.20 Å². The predicted molar refractivity (Wildman–Crippen MR) is 69.1 cm³/mol. The molecular weight excluding hydrogens is 226 g/mol. The second kappa shape index (κ2) is 5.96. The molecule has 1 aromatic heterocycles. The normalized spacial score (nSPS) is 11.8. The number of ether oxygens (including phenoxy) is 1. The van der Waals surface area contributed by atoms with Crippen LogP contribution in [0.3, 0.4) is 0 Å². The first-order chi connectivity index (χ1) is 8.81. The summed E-state index contributed by atoms with van der Waals surface area (Å²) in [5, 5.41) is 0. The molecule has 0 fully saturated rings. The number of pyridine rings is 1. The summed E-state index contributed by atoms with van der Waals surface area (Å²) in [5.74, 6) is -0.601. The van der Waals surface area contributed by atoms with Crippen molar-refractivity contribution >= 4 is 5.97 Å². The van der Waals surface area contributed by atoms with E-state index in [-0.39, 0.29) is 11.9 Å². The molecular formula is C15H15NO2. The molecule has 0 aliphatic heterocycles. The Bertz CT molecular complexity index is 496. The van der Waals surface area contributed by atoms with Crippen molar-refractivity contribution in [3.05, 3.63) is 66.0 Å². The van der Waals surface area contributed by atoms with Gasteiger partial charge in [-0.25, -0.2) is 0 Å². The first kappa shape index (κ1) is 12.3. The summed E-state index contributed by atoms with van der Waals surface area (Å²) in [6, 6.07) is 15.4. The molecule has 0 spiro atoms. The second-order valence-electron chi connectivity index (χ2n) is 4.02. The molecule has 2 rings (SSSR count). The van der Waals surface area contributed by atoms with Crippen LogP contribution in [0.25, 0.3) is 0 Å². The minimum absolute atomic E-state index is 0.252. The highest BCUT2D eigenvalue weighted by Crippen LogP contribution is 2.20. The van der Waals surface area contributed by atoms with Crippen LogP contribution >= 0.6 is 0 Å². The number of esters is 1. The Balaban J connectivity index is 2.24.